The lowest BCUT2D eigenvalue weighted by Gasteiger charge is -2.15. The SMILES string of the molecule is CNCC1=Cc2ccccc2CC1. The van der Waals surface area contributed by atoms with Gasteiger partial charge in [-0.2, -0.15) is 0 Å². The molecule has 0 bridgehead atoms. The molecule has 0 spiro atoms. The van der Waals surface area contributed by atoms with Crippen LogP contribution in [0.15, 0.2) is 29.8 Å². The van der Waals surface area contributed by atoms with Gasteiger partial charge in [0.15, 0.2) is 0 Å². The molecule has 1 nitrogen and oxygen atoms in total. The van der Waals surface area contributed by atoms with Gasteiger partial charge in [0.2, 0.25) is 0 Å². The highest BCUT2D eigenvalue weighted by Gasteiger charge is 2.07. The normalized spacial score (nSPS) is 15.0. The molecular weight excluding hydrogens is 158 g/mol. The summed E-state index contributed by atoms with van der Waals surface area (Å²) in [5.41, 5.74) is 4.41. The van der Waals surface area contributed by atoms with Gasteiger partial charge >= 0.3 is 0 Å². The Kier molecular flexibility index (Phi) is 2.46. The van der Waals surface area contributed by atoms with E-state index in [1.165, 1.54) is 29.5 Å². The van der Waals surface area contributed by atoms with Crippen LogP contribution in [0, 0.1) is 0 Å². The van der Waals surface area contributed by atoms with E-state index in [9.17, 15) is 0 Å². The smallest absolute Gasteiger partial charge is 0.0165 e. The topological polar surface area (TPSA) is 12.0 Å². The minimum absolute atomic E-state index is 1.02. The van der Waals surface area contributed by atoms with Crippen LogP contribution in [0.3, 0.4) is 0 Å². The quantitative estimate of drug-likeness (QED) is 0.723. The van der Waals surface area contributed by atoms with Gasteiger partial charge in [-0.15, -0.1) is 0 Å². The Bertz CT molecular complexity index is 326. The van der Waals surface area contributed by atoms with Crippen LogP contribution in [0.1, 0.15) is 17.5 Å². The van der Waals surface area contributed by atoms with E-state index in [0.717, 1.165) is 6.54 Å². The molecule has 0 unspecified atom stereocenters. The minimum Gasteiger partial charge on any atom is -0.316 e. The van der Waals surface area contributed by atoms with Gasteiger partial charge in [-0.1, -0.05) is 35.9 Å². The number of fused-ring (bicyclic) bond motifs is 1. The summed E-state index contributed by atoms with van der Waals surface area (Å²) >= 11 is 0. The molecule has 0 radical (unpaired) electrons. The predicted molar refractivity (Wildman–Crippen MR) is 56.7 cm³/mol. The van der Waals surface area contributed by atoms with E-state index >= 15 is 0 Å². The van der Waals surface area contributed by atoms with E-state index in [4.69, 9.17) is 0 Å². The molecule has 0 saturated carbocycles. The number of aryl methyl sites for hydroxylation is 1. The molecule has 1 aromatic carbocycles. The lowest BCUT2D eigenvalue weighted by molar-refractivity contribution is 0.809. The van der Waals surface area contributed by atoms with Crippen molar-refractivity contribution in [2.75, 3.05) is 13.6 Å². The zero-order valence-electron chi connectivity index (χ0n) is 8.01. The third-order valence-corrected chi connectivity index (χ3v) is 2.53. The van der Waals surface area contributed by atoms with Crippen molar-refractivity contribution in [1.29, 1.82) is 0 Å². The number of hydrogen-bond acceptors (Lipinski definition) is 1. The van der Waals surface area contributed by atoms with Crippen molar-refractivity contribution in [3.63, 3.8) is 0 Å². The first kappa shape index (κ1) is 8.52. The molecule has 1 aliphatic rings. The Morgan fingerprint density at radius 3 is 2.92 bits per heavy atom. The van der Waals surface area contributed by atoms with Gasteiger partial charge in [-0.25, -0.2) is 0 Å². The summed E-state index contributed by atoms with van der Waals surface area (Å²) in [4.78, 5) is 0. The minimum atomic E-state index is 1.02. The molecule has 0 aromatic heterocycles. The second kappa shape index (κ2) is 3.75. The lowest BCUT2D eigenvalue weighted by atomic mass is 9.92. The summed E-state index contributed by atoms with van der Waals surface area (Å²) in [7, 11) is 2.00. The molecule has 0 atom stereocenters. The summed E-state index contributed by atoms with van der Waals surface area (Å²) in [6, 6.07) is 8.65. The molecule has 0 aliphatic heterocycles. The first-order valence-electron chi connectivity index (χ1n) is 4.82. The largest absolute Gasteiger partial charge is 0.316 e. The number of likely N-dealkylation sites (N-methyl/N-ethyl adjacent to an activating group) is 1. The highest BCUT2D eigenvalue weighted by molar-refractivity contribution is 5.59. The molecule has 1 aliphatic carbocycles. The van der Waals surface area contributed by atoms with Gasteiger partial charge < -0.3 is 5.32 Å². The maximum absolute atomic E-state index is 3.20. The number of benzene rings is 1. The van der Waals surface area contributed by atoms with Crippen molar-refractivity contribution in [3.8, 4) is 0 Å². The zero-order valence-corrected chi connectivity index (χ0v) is 8.01. The van der Waals surface area contributed by atoms with E-state index in [-0.39, 0.29) is 0 Å². The standard InChI is InChI=1S/C12H15N/c1-13-9-10-6-7-11-4-2-3-5-12(11)8-10/h2-5,8,13H,6-7,9H2,1H3. The second-order valence-electron chi connectivity index (χ2n) is 3.53. The molecule has 0 saturated heterocycles. The molecule has 0 heterocycles. The molecule has 2 rings (SSSR count). The Balaban J connectivity index is 2.28. The van der Waals surface area contributed by atoms with Gasteiger partial charge in [0.25, 0.3) is 0 Å². The molecular formula is C12H15N. The first-order valence-corrected chi connectivity index (χ1v) is 4.82. The second-order valence-corrected chi connectivity index (χ2v) is 3.53. The fourth-order valence-electron chi connectivity index (χ4n) is 1.86. The summed E-state index contributed by atoms with van der Waals surface area (Å²) < 4.78 is 0. The van der Waals surface area contributed by atoms with E-state index in [1.807, 2.05) is 7.05 Å². The number of rotatable bonds is 2. The van der Waals surface area contributed by atoms with E-state index < -0.39 is 0 Å². The van der Waals surface area contributed by atoms with Crippen LogP contribution in [-0.4, -0.2) is 13.6 Å². The molecule has 1 N–H and O–H groups in total. The van der Waals surface area contributed by atoms with Gasteiger partial charge in [-0.3, -0.25) is 0 Å². The average molecular weight is 173 g/mol. The lowest BCUT2D eigenvalue weighted by Crippen LogP contribution is -2.13. The molecule has 0 amide bonds. The van der Waals surface area contributed by atoms with Gasteiger partial charge in [0, 0.05) is 6.54 Å². The van der Waals surface area contributed by atoms with E-state index in [2.05, 4.69) is 35.7 Å². The average Bonchev–Trinajstić information content (AvgIpc) is 2.18. The van der Waals surface area contributed by atoms with Crippen LogP contribution in [0.5, 0.6) is 0 Å². The van der Waals surface area contributed by atoms with Crippen LogP contribution < -0.4 is 5.32 Å². The van der Waals surface area contributed by atoms with Crippen molar-refractivity contribution >= 4 is 6.08 Å². The maximum atomic E-state index is 3.20. The highest BCUT2D eigenvalue weighted by Crippen LogP contribution is 2.22. The van der Waals surface area contributed by atoms with Gasteiger partial charge in [-0.05, 0) is 31.0 Å². The summed E-state index contributed by atoms with van der Waals surface area (Å²) in [6.07, 6.45) is 4.72. The van der Waals surface area contributed by atoms with E-state index in [0.29, 0.717) is 0 Å². The summed E-state index contributed by atoms with van der Waals surface area (Å²) in [6.45, 7) is 1.02. The van der Waals surface area contributed by atoms with Crippen LogP contribution >= 0.6 is 0 Å². The summed E-state index contributed by atoms with van der Waals surface area (Å²) in [5, 5.41) is 3.20. The van der Waals surface area contributed by atoms with Gasteiger partial charge in [0.05, 0.1) is 0 Å². The Morgan fingerprint density at radius 1 is 1.23 bits per heavy atom. The fraction of sp³-hybridized carbons (Fsp3) is 0.333. The molecule has 68 valence electrons. The Morgan fingerprint density at radius 2 is 2.08 bits per heavy atom. The predicted octanol–water partition coefficient (Wildman–Crippen LogP) is 2.24. The third-order valence-electron chi connectivity index (χ3n) is 2.53. The Hall–Kier alpha value is -1.08. The van der Waals surface area contributed by atoms with Crippen molar-refractivity contribution in [1.82, 2.24) is 5.32 Å². The number of nitrogens with one attached hydrogen (secondary N) is 1. The van der Waals surface area contributed by atoms with Crippen LogP contribution in [0.4, 0.5) is 0 Å². The third kappa shape index (κ3) is 1.81. The fourth-order valence-corrected chi connectivity index (χ4v) is 1.86. The first-order chi connectivity index (χ1) is 6.40. The van der Waals surface area contributed by atoms with Crippen molar-refractivity contribution in [2.45, 2.75) is 12.8 Å². The molecule has 1 heteroatoms. The van der Waals surface area contributed by atoms with Crippen LogP contribution in [0.2, 0.25) is 0 Å². The monoisotopic (exact) mass is 173 g/mol. The van der Waals surface area contributed by atoms with Crippen LogP contribution in [0.25, 0.3) is 6.08 Å². The zero-order chi connectivity index (χ0) is 9.10. The van der Waals surface area contributed by atoms with Crippen molar-refractivity contribution in [2.24, 2.45) is 0 Å². The maximum Gasteiger partial charge on any atom is 0.0165 e. The molecule has 13 heavy (non-hydrogen) atoms. The van der Waals surface area contributed by atoms with Crippen molar-refractivity contribution in [3.05, 3.63) is 41.0 Å². The number of hydrogen-bond donors (Lipinski definition) is 1. The van der Waals surface area contributed by atoms with Crippen LogP contribution in [-0.2, 0) is 6.42 Å². The van der Waals surface area contributed by atoms with Crippen molar-refractivity contribution < 1.29 is 0 Å². The van der Waals surface area contributed by atoms with E-state index in [1.54, 1.807) is 0 Å². The summed E-state index contributed by atoms with van der Waals surface area (Å²) in [5.74, 6) is 0. The molecule has 0 fully saturated rings. The molecule has 1 aromatic rings. The Labute approximate surface area is 79.5 Å². The highest BCUT2D eigenvalue weighted by atomic mass is 14.8. The van der Waals surface area contributed by atoms with Gasteiger partial charge in [0.1, 0.15) is 0 Å².